The Morgan fingerprint density at radius 1 is 1.61 bits per heavy atom. The Labute approximate surface area is 107 Å². The van der Waals surface area contributed by atoms with Crippen LogP contribution in [0.25, 0.3) is 0 Å². The lowest BCUT2D eigenvalue weighted by atomic mass is 10.1. The van der Waals surface area contributed by atoms with Crippen molar-refractivity contribution in [3.05, 3.63) is 29.8 Å². The molecule has 1 amide bonds. The number of anilines is 1. The van der Waals surface area contributed by atoms with Crippen LogP contribution in [0.4, 0.5) is 5.69 Å². The van der Waals surface area contributed by atoms with Crippen molar-refractivity contribution >= 4 is 11.6 Å². The predicted octanol–water partition coefficient (Wildman–Crippen LogP) is 1.13. The van der Waals surface area contributed by atoms with E-state index in [0.717, 1.165) is 5.69 Å². The Balaban J connectivity index is 2.80. The lowest BCUT2D eigenvalue weighted by Gasteiger charge is -2.25. The molecule has 1 rings (SSSR count). The zero-order chi connectivity index (χ0) is 13.5. The normalized spacial score (nSPS) is 10.9. The first-order chi connectivity index (χ1) is 8.60. The third-order valence-corrected chi connectivity index (χ3v) is 2.71. The number of rotatable bonds is 4. The number of carbonyl (C=O) groups excluding carboxylic acids is 1. The van der Waals surface area contributed by atoms with Gasteiger partial charge in [-0.3, -0.25) is 4.79 Å². The van der Waals surface area contributed by atoms with Gasteiger partial charge in [-0.15, -0.1) is 6.42 Å². The molecule has 0 aliphatic rings. The zero-order valence-electron chi connectivity index (χ0n) is 10.5. The van der Waals surface area contributed by atoms with Crippen molar-refractivity contribution in [1.29, 1.82) is 5.26 Å². The van der Waals surface area contributed by atoms with E-state index in [2.05, 4.69) is 17.3 Å². The first kappa shape index (κ1) is 13.6. The largest absolute Gasteiger partial charge is 0.363 e. The second-order valence-corrected chi connectivity index (χ2v) is 3.87. The van der Waals surface area contributed by atoms with Crippen LogP contribution < -0.4 is 10.2 Å². The highest BCUT2D eigenvalue weighted by molar-refractivity contribution is 5.84. The fourth-order valence-corrected chi connectivity index (χ4v) is 1.48. The summed E-state index contributed by atoms with van der Waals surface area (Å²) in [5.74, 6) is 2.22. The van der Waals surface area contributed by atoms with Crippen LogP contribution in [-0.2, 0) is 4.79 Å². The fraction of sp³-hybridized carbons (Fsp3) is 0.286. The maximum absolute atomic E-state index is 11.8. The van der Waals surface area contributed by atoms with Gasteiger partial charge in [-0.1, -0.05) is 12.0 Å². The van der Waals surface area contributed by atoms with E-state index in [4.69, 9.17) is 11.7 Å². The Kier molecular flexibility index (Phi) is 4.78. The van der Waals surface area contributed by atoms with Crippen molar-refractivity contribution in [2.24, 2.45) is 0 Å². The van der Waals surface area contributed by atoms with Crippen LogP contribution in [0, 0.1) is 23.7 Å². The molecule has 1 aromatic rings. The molecule has 0 spiro atoms. The molecule has 4 heteroatoms. The number of likely N-dealkylation sites (N-methyl/N-ethyl adjacent to an activating group) is 1. The predicted molar refractivity (Wildman–Crippen MR) is 70.9 cm³/mol. The molecule has 1 atom stereocenters. The summed E-state index contributed by atoms with van der Waals surface area (Å²) in [5, 5.41) is 11.5. The number of nitrogens with one attached hydrogen (secondary N) is 1. The van der Waals surface area contributed by atoms with E-state index in [1.54, 1.807) is 37.1 Å². The van der Waals surface area contributed by atoms with Gasteiger partial charge in [0, 0.05) is 12.7 Å². The van der Waals surface area contributed by atoms with Crippen LogP contribution >= 0.6 is 0 Å². The smallest absolute Gasteiger partial charge is 0.243 e. The maximum atomic E-state index is 11.8. The number of hydrogen-bond donors (Lipinski definition) is 1. The minimum absolute atomic E-state index is 0.141. The first-order valence-corrected chi connectivity index (χ1v) is 5.54. The fourth-order valence-electron chi connectivity index (χ4n) is 1.48. The molecule has 0 heterocycles. The van der Waals surface area contributed by atoms with Crippen molar-refractivity contribution in [1.82, 2.24) is 5.32 Å². The molecule has 0 saturated heterocycles. The standard InChI is InChI=1S/C14H15N3O/c1-4-8-16-14(18)11(2)17(3)13-7-5-6-12(9-13)10-15/h1,5-7,9,11H,8H2,2-3H3,(H,16,18). The van der Waals surface area contributed by atoms with Gasteiger partial charge in [-0.2, -0.15) is 5.26 Å². The molecule has 4 nitrogen and oxygen atoms in total. The minimum atomic E-state index is -0.354. The Hall–Kier alpha value is -2.46. The highest BCUT2D eigenvalue weighted by Gasteiger charge is 2.17. The lowest BCUT2D eigenvalue weighted by Crippen LogP contribution is -2.43. The molecule has 0 aliphatic carbocycles. The Morgan fingerprint density at radius 3 is 2.94 bits per heavy atom. The molecule has 0 aromatic heterocycles. The van der Waals surface area contributed by atoms with Crippen LogP contribution in [-0.4, -0.2) is 25.5 Å². The SMILES string of the molecule is C#CCNC(=O)C(C)N(C)c1cccc(C#N)c1. The third-order valence-electron chi connectivity index (χ3n) is 2.71. The summed E-state index contributed by atoms with van der Waals surface area (Å²) in [6.07, 6.45) is 5.09. The number of benzene rings is 1. The molecular formula is C14H15N3O. The second kappa shape index (κ2) is 6.32. The molecule has 1 N–H and O–H groups in total. The van der Waals surface area contributed by atoms with Crippen LogP contribution in [0.15, 0.2) is 24.3 Å². The number of nitrogens with zero attached hydrogens (tertiary/aromatic N) is 2. The summed E-state index contributed by atoms with van der Waals surface area (Å²) in [5.41, 5.74) is 1.38. The molecule has 0 bridgehead atoms. The van der Waals surface area contributed by atoms with Gasteiger partial charge in [0.1, 0.15) is 6.04 Å². The van der Waals surface area contributed by atoms with Gasteiger partial charge >= 0.3 is 0 Å². The minimum Gasteiger partial charge on any atom is -0.363 e. The summed E-state index contributed by atoms with van der Waals surface area (Å²) < 4.78 is 0. The maximum Gasteiger partial charge on any atom is 0.243 e. The quantitative estimate of drug-likeness (QED) is 0.804. The first-order valence-electron chi connectivity index (χ1n) is 5.54. The molecule has 18 heavy (non-hydrogen) atoms. The summed E-state index contributed by atoms with van der Waals surface area (Å²) in [6.45, 7) is 2.00. The van der Waals surface area contributed by atoms with Gasteiger partial charge in [0.2, 0.25) is 5.91 Å². The molecule has 1 unspecified atom stereocenters. The number of hydrogen-bond acceptors (Lipinski definition) is 3. The van der Waals surface area contributed by atoms with E-state index >= 15 is 0 Å². The van der Waals surface area contributed by atoms with E-state index < -0.39 is 0 Å². The third kappa shape index (κ3) is 3.26. The van der Waals surface area contributed by atoms with Crippen LogP contribution in [0.5, 0.6) is 0 Å². The van der Waals surface area contributed by atoms with Gasteiger partial charge < -0.3 is 10.2 Å². The monoisotopic (exact) mass is 241 g/mol. The van der Waals surface area contributed by atoms with E-state index in [-0.39, 0.29) is 18.5 Å². The Bertz CT molecular complexity index is 511. The second-order valence-electron chi connectivity index (χ2n) is 3.87. The summed E-state index contributed by atoms with van der Waals surface area (Å²) in [4.78, 5) is 13.6. The van der Waals surface area contributed by atoms with Crippen molar-refractivity contribution in [3.8, 4) is 18.4 Å². The molecule has 0 radical (unpaired) electrons. The highest BCUT2D eigenvalue weighted by atomic mass is 16.2. The van der Waals surface area contributed by atoms with Crippen molar-refractivity contribution in [3.63, 3.8) is 0 Å². The van der Waals surface area contributed by atoms with E-state index in [1.165, 1.54) is 0 Å². The van der Waals surface area contributed by atoms with Gasteiger partial charge in [-0.25, -0.2) is 0 Å². The van der Waals surface area contributed by atoms with Crippen molar-refractivity contribution in [2.45, 2.75) is 13.0 Å². The lowest BCUT2D eigenvalue weighted by molar-refractivity contribution is -0.121. The number of terminal acetylenes is 1. The topological polar surface area (TPSA) is 56.1 Å². The van der Waals surface area contributed by atoms with E-state index in [1.807, 2.05) is 6.07 Å². The zero-order valence-corrected chi connectivity index (χ0v) is 10.5. The van der Waals surface area contributed by atoms with Gasteiger partial charge in [0.15, 0.2) is 0 Å². The molecule has 1 aromatic carbocycles. The Morgan fingerprint density at radius 2 is 2.33 bits per heavy atom. The van der Waals surface area contributed by atoms with Gasteiger partial charge in [-0.05, 0) is 25.1 Å². The van der Waals surface area contributed by atoms with Crippen LogP contribution in [0.2, 0.25) is 0 Å². The van der Waals surface area contributed by atoms with E-state index in [0.29, 0.717) is 5.56 Å². The number of carbonyl (C=O) groups is 1. The number of amides is 1. The summed E-state index contributed by atoms with van der Waals surface area (Å²) >= 11 is 0. The molecule has 0 saturated carbocycles. The van der Waals surface area contributed by atoms with Gasteiger partial charge in [0.05, 0.1) is 18.2 Å². The summed E-state index contributed by atoms with van der Waals surface area (Å²) in [7, 11) is 1.80. The molecule has 92 valence electrons. The van der Waals surface area contributed by atoms with E-state index in [9.17, 15) is 4.79 Å². The molecule has 0 fully saturated rings. The summed E-state index contributed by atoms with van der Waals surface area (Å²) in [6, 6.07) is 8.82. The van der Waals surface area contributed by atoms with Gasteiger partial charge in [0.25, 0.3) is 0 Å². The highest BCUT2D eigenvalue weighted by Crippen LogP contribution is 2.16. The average Bonchev–Trinajstić information content (AvgIpc) is 2.43. The van der Waals surface area contributed by atoms with Crippen molar-refractivity contribution < 1.29 is 4.79 Å². The molecule has 0 aliphatic heterocycles. The van der Waals surface area contributed by atoms with Crippen molar-refractivity contribution in [2.75, 3.05) is 18.5 Å². The molecular weight excluding hydrogens is 226 g/mol. The van der Waals surface area contributed by atoms with Crippen LogP contribution in [0.1, 0.15) is 12.5 Å². The van der Waals surface area contributed by atoms with Crippen LogP contribution in [0.3, 0.4) is 0 Å². The number of nitriles is 1. The average molecular weight is 241 g/mol.